The number of hydrogen-bond donors (Lipinski definition) is 0. The van der Waals surface area contributed by atoms with Gasteiger partial charge in [0.2, 0.25) is 11.0 Å². The zero-order valence-electron chi connectivity index (χ0n) is 21.0. The van der Waals surface area contributed by atoms with E-state index in [1.165, 1.54) is 0 Å². The number of imidazole rings is 1. The molecule has 1 aliphatic rings. The Morgan fingerprint density at radius 2 is 1.68 bits per heavy atom. The SMILES string of the molecule is O=S(N1CCC(n2c(-c3ccncc3)nc3ccc(C(c4ccc(Cl)cc4)c4nccs4)cc32)CC1)C(F)(F)F. The van der Waals surface area contributed by atoms with Gasteiger partial charge < -0.3 is 4.57 Å². The second-order valence-corrected chi connectivity index (χ2v) is 12.3. The summed E-state index contributed by atoms with van der Waals surface area (Å²) in [5, 5.41) is 3.53. The van der Waals surface area contributed by atoms with E-state index in [9.17, 15) is 17.4 Å². The maximum atomic E-state index is 13.1. The molecule has 0 N–H and O–H groups in total. The Hall–Kier alpha value is -3.12. The summed E-state index contributed by atoms with van der Waals surface area (Å²) in [6, 6.07) is 17.5. The van der Waals surface area contributed by atoms with Crippen molar-refractivity contribution in [3.8, 4) is 11.4 Å². The third kappa shape index (κ3) is 5.30. The van der Waals surface area contributed by atoms with E-state index >= 15 is 0 Å². The molecule has 4 heterocycles. The lowest BCUT2D eigenvalue weighted by Gasteiger charge is -2.33. The average Bonchev–Trinajstić information content (AvgIpc) is 3.62. The maximum Gasteiger partial charge on any atom is 0.485 e. The predicted molar refractivity (Wildman–Crippen MR) is 152 cm³/mol. The fourth-order valence-corrected chi connectivity index (χ4v) is 7.04. The Balaban J connectivity index is 1.45. The molecule has 1 aliphatic heterocycles. The minimum absolute atomic E-state index is 0.0679. The predicted octanol–water partition coefficient (Wildman–Crippen LogP) is 7.21. The van der Waals surface area contributed by atoms with Crippen molar-refractivity contribution in [1.82, 2.24) is 23.8 Å². The van der Waals surface area contributed by atoms with Crippen molar-refractivity contribution in [3.05, 3.63) is 99.7 Å². The van der Waals surface area contributed by atoms with Gasteiger partial charge in [0.05, 0.1) is 17.0 Å². The van der Waals surface area contributed by atoms with Gasteiger partial charge >= 0.3 is 5.51 Å². The number of aromatic nitrogens is 4. The third-order valence-electron chi connectivity index (χ3n) is 7.11. The molecule has 5 aromatic rings. The van der Waals surface area contributed by atoms with E-state index in [0.717, 1.165) is 42.9 Å². The van der Waals surface area contributed by atoms with Crippen LogP contribution in [0.1, 0.15) is 40.9 Å². The second kappa shape index (κ2) is 11.0. The zero-order valence-corrected chi connectivity index (χ0v) is 23.4. The molecule has 0 saturated carbocycles. The number of pyridine rings is 1. The van der Waals surface area contributed by atoms with E-state index in [0.29, 0.717) is 17.9 Å². The number of piperidine rings is 1. The molecule has 3 aromatic heterocycles. The molecule has 0 spiro atoms. The number of benzene rings is 2. The van der Waals surface area contributed by atoms with Gasteiger partial charge in [-0.05, 0) is 60.4 Å². The quantitative estimate of drug-likeness (QED) is 0.206. The van der Waals surface area contributed by atoms with Crippen LogP contribution in [0.4, 0.5) is 13.2 Å². The summed E-state index contributed by atoms with van der Waals surface area (Å²) in [4.78, 5) is 13.7. The van der Waals surface area contributed by atoms with Crippen molar-refractivity contribution < 1.29 is 17.4 Å². The Bertz CT molecular complexity index is 1630. The van der Waals surface area contributed by atoms with Gasteiger partial charge in [-0.2, -0.15) is 13.2 Å². The Morgan fingerprint density at radius 1 is 0.975 bits per heavy atom. The first-order valence-corrected chi connectivity index (χ1v) is 15.0. The first-order chi connectivity index (χ1) is 19.3. The van der Waals surface area contributed by atoms with E-state index in [4.69, 9.17) is 16.6 Å². The topological polar surface area (TPSA) is 63.9 Å². The summed E-state index contributed by atoms with van der Waals surface area (Å²) in [6.45, 7) is 0.136. The van der Waals surface area contributed by atoms with Gasteiger partial charge in [-0.25, -0.2) is 18.5 Å². The van der Waals surface area contributed by atoms with Crippen LogP contribution in [0.5, 0.6) is 0 Å². The summed E-state index contributed by atoms with van der Waals surface area (Å²) in [5.74, 6) is 0.590. The van der Waals surface area contributed by atoms with E-state index in [-0.39, 0.29) is 25.0 Å². The first-order valence-electron chi connectivity index (χ1n) is 12.6. The van der Waals surface area contributed by atoms with Gasteiger partial charge in [-0.3, -0.25) is 4.98 Å². The summed E-state index contributed by atoms with van der Waals surface area (Å²) in [5.41, 5.74) is -0.174. The number of hydrogen-bond acceptors (Lipinski definition) is 5. The van der Waals surface area contributed by atoms with Crippen LogP contribution >= 0.6 is 22.9 Å². The minimum Gasteiger partial charge on any atom is -0.321 e. The highest BCUT2D eigenvalue weighted by atomic mass is 35.5. The van der Waals surface area contributed by atoms with Crippen LogP contribution in [0.15, 0.2) is 78.6 Å². The monoisotopic (exact) mass is 601 g/mol. The standard InChI is InChI=1S/C28H23ClF3N5OS2/c29-21-4-1-18(2-5-21)25(27-34-13-16-39-27)20-3-6-23-24(17-20)37(26(35-23)19-7-11-33-12-8-19)22-9-14-36(15-10-22)40(38)28(30,31)32/h1-8,11-13,16-17,22,25H,9-10,14-15H2. The summed E-state index contributed by atoms with van der Waals surface area (Å²) in [6.07, 6.45) is 5.98. The fraction of sp³-hybridized carbons (Fsp3) is 0.250. The molecule has 6 nitrogen and oxygen atoms in total. The van der Waals surface area contributed by atoms with Crippen LogP contribution in [0.3, 0.4) is 0 Å². The highest BCUT2D eigenvalue weighted by Gasteiger charge is 2.42. The van der Waals surface area contributed by atoms with E-state index < -0.39 is 16.5 Å². The lowest BCUT2D eigenvalue weighted by molar-refractivity contribution is -0.0434. The van der Waals surface area contributed by atoms with Crippen LogP contribution < -0.4 is 0 Å². The summed E-state index contributed by atoms with van der Waals surface area (Å²) in [7, 11) is -3.02. The Labute approximate surface area is 240 Å². The van der Waals surface area contributed by atoms with Crippen molar-refractivity contribution >= 4 is 45.0 Å². The molecule has 0 radical (unpaired) electrons. The van der Waals surface area contributed by atoms with Gasteiger partial charge in [0.1, 0.15) is 10.8 Å². The van der Waals surface area contributed by atoms with Crippen LogP contribution in [0, 0.1) is 0 Å². The highest BCUT2D eigenvalue weighted by Crippen LogP contribution is 2.39. The van der Waals surface area contributed by atoms with Crippen molar-refractivity contribution in [3.63, 3.8) is 0 Å². The van der Waals surface area contributed by atoms with Gasteiger partial charge in [-0.15, -0.1) is 11.3 Å². The van der Waals surface area contributed by atoms with Crippen molar-refractivity contribution in [2.45, 2.75) is 30.3 Å². The largest absolute Gasteiger partial charge is 0.485 e. The molecule has 2 atom stereocenters. The summed E-state index contributed by atoms with van der Waals surface area (Å²) < 4.78 is 54.5. The average molecular weight is 602 g/mol. The number of thiazole rings is 1. The van der Waals surface area contributed by atoms with Gasteiger partial charge in [-0.1, -0.05) is 29.8 Å². The van der Waals surface area contributed by atoms with Gasteiger partial charge in [0, 0.05) is 53.7 Å². The van der Waals surface area contributed by atoms with Crippen molar-refractivity contribution in [2.75, 3.05) is 13.1 Å². The van der Waals surface area contributed by atoms with E-state index in [2.05, 4.69) is 20.6 Å². The number of halogens is 4. The van der Waals surface area contributed by atoms with E-state index in [1.807, 2.05) is 53.9 Å². The Morgan fingerprint density at radius 3 is 2.33 bits per heavy atom. The van der Waals surface area contributed by atoms with Crippen LogP contribution in [-0.2, 0) is 11.0 Å². The molecule has 0 amide bonds. The number of nitrogens with zero attached hydrogens (tertiary/aromatic N) is 5. The molecule has 1 saturated heterocycles. The lowest BCUT2D eigenvalue weighted by atomic mass is 9.91. The number of fused-ring (bicyclic) bond motifs is 1. The minimum atomic E-state index is -4.77. The number of alkyl halides is 3. The molecule has 1 fully saturated rings. The molecule has 2 unspecified atom stereocenters. The van der Waals surface area contributed by atoms with Crippen LogP contribution in [-0.4, -0.2) is 46.6 Å². The molecular formula is C28H23ClF3N5OS2. The van der Waals surface area contributed by atoms with Gasteiger partial charge in [0.25, 0.3) is 0 Å². The van der Waals surface area contributed by atoms with E-state index in [1.54, 1.807) is 29.9 Å². The smallest absolute Gasteiger partial charge is 0.321 e. The third-order valence-corrected chi connectivity index (χ3v) is 9.43. The van der Waals surface area contributed by atoms with Crippen LogP contribution in [0.25, 0.3) is 22.4 Å². The van der Waals surface area contributed by atoms with Crippen molar-refractivity contribution in [2.24, 2.45) is 0 Å². The molecular weight excluding hydrogens is 579 g/mol. The molecule has 2 aromatic carbocycles. The highest BCUT2D eigenvalue weighted by molar-refractivity contribution is 7.83. The molecule has 0 aliphatic carbocycles. The summed E-state index contributed by atoms with van der Waals surface area (Å²) >= 11 is 7.74. The van der Waals surface area contributed by atoms with Gasteiger partial charge in [0.15, 0.2) is 0 Å². The van der Waals surface area contributed by atoms with Crippen LogP contribution in [0.2, 0.25) is 5.02 Å². The molecule has 0 bridgehead atoms. The van der Waals surface area contributed by atoms with Crippen molar-refractivity contribution in [1.29, 1.82) is 0 Å². The zero-order chi connectivity index (χ0) is 27.9. The Kier molecular flexibility index (Phi) is 7.47. The maximum absolute atomic E-state index is 13.1. The fourth-order valence-electron chi connectivity index (χ4n) is 5.29. The molecule has 206 valence electrons. The number of rotatable bonds is 6. The second-order valence-electron chi connectivity index (χ2n) is 9.50. The first kappa shape index (κ1) is 27.1. The normalized spacial score (nSPS) is 16.8. The molecule has 12 heteroatoms. The molecule has 6 rings (SSSR count). The molecule has 40 heavy (non-hydrogen) atoms. The lowest BCUT2D eigenvalue weighted by Crippen LogP contribution is -2.41.